The molecule has 3 aromatic heterocycles. The Balaban J connectivity index is 1.36. The number of carbonyl (C=O) groups is 2. The van der Waals surface area contributed by atoms with Gasteiger partial charge in [-0.3, -0.25) is 14.5 Å². The molecule has 1 unspecified atom stereocenters. The van der Waals surface area contributed by atoms with Crippen LogP contribution in [0.4, 0.5) is 16.2 Å². The molecule has 0 bridgehead atoms. The predicted molar refractivity (Wildman–Crippen MR) is 125 cm³/mol. The van der Waals surface area contributed by atoms with E-state index in [4.69, 9.17) is 16.6 Å². The molecule has 11 heteroatoms. The van der Waals surface area contributed by atoms with Gasteiger partial charge in [-0.2, -0.15) is 5.10 Å². The minimum Gasteiger partial charge on any atom is -0.467 e. The van der Waals surface area contributed by atoms with Crippen LogP contribution in [0.2, 0.25) is 0 Å². The van der Waals surface area contributed by atoms with E-state index in [1.807, 2.05) is 17.5 Å². The van der Waals surface area contributed by atoms with Crippen LogP contribution in [0.1, 0.15) is 18.7 Å². The molecule has 0 spiro atoms. The molecule has 0 saturated heterocycles. The second-order valence-electron chi connectivity index (χ2n) is 6.83. The topological polar surface area (TPSA) is 117 Å². The van der Waals surface area contributed by atoms with Crippen molar-refractivity contribution in [3.8, 4) is 10.7 Å². The van der Waals surface area contributed by atoms with Gasteiger partial charge >= 0.3 is 6.03 Å². The summed E-state index contributed by atoms with van der Waals surface area (Å²) in [7, 11) is 0. The zero-order valence-electron chi connectivity index (χ0n) is 17.0. The smallest absolute Gasteiger partial charge is 0.319 e. The molecule has 0 saturated carbocycles. The van der Waals surface area contributed by atoms with Crippen molar-refractivity contribution < 1.29 is 14.0 Å². The maximum atomic E-state index is 12.8. The van der Waals surface area contributed by atoms with Gasteiger partial charge in [0.2, 0.25) is 5.91 Å². The Labute approximate surface area is 192 Å². The molecule has 0 radical (unpaired) electrons. The lowest BCUT2D eigenvalue weighted by Gasteiger charge is -2.15. The SMILES string of the molecule is CC(C(=O)Nc1ccc(NC(=O)NCc2ccco2)cc1)n1c(-c2cccs2)n[nH]c1=S. The minimum absolute atomic E-state index is 0.239. The van der Waals surface area contributed by atoms with Crippen molar-refractivity contribution in [3.05, 3.63) is 70.7 Å². The van der Waals surface area contributed by atoms with Crippen LogP contribution in [0.5, 0.6) is 0 Å². The molecule has 1 aromatic carbocycles. The van der Waals surface area contributed by atoms with Crippen molar-refractivity contribution in [2.24, 2.45) is 0 Å². The first-order valence-electron chi connectivity index (χ1n) is 9.70. The van der Waals surface area contributed by atoms with E-state index in [-0.39, 0.29) is 18.5 Å². The van der Waals surface area contributed by atoms with E-state index in [9.17, 15) is 9.59 Å². The Morgan fingerprint density at radius 2 is 1.91 bits per heavy atom. The summed E-state index contributed by atoms with van der Waals surface area (Å²) in [6.07, 6.45) is 1.55. The van der Waals surface area contributed by atoms with Gasteiger partial charge in [-0.15, -0.1) is 11.3 Å². The molecular weight excluding hydrogens is 448 g/mol. The molecule has 3 amide bonds. The fraction of sp³-hybridized carbons (Fsp3) is 0.143. The summed E-state index contributed by atoms with van der Waals surface area (Å²) in [6, 6.07) is 13.3. The van der Waals surface area contributed by atoms with Crippen LogP contribution in [0.3, 0.4) is 0 Å². The number of benzene rings is 1. The number of nitrogens with one attached hydrogen (secondary N) is 4. The highest BCUT2D eigenvalue weighted by Crippen LogP contribution is 2.26. The maximum absolute atomic E-state index is 12.8. The number of aromatic nitrogens is 3. The average molecular weight is 469 g/mol. The van der Waals surface area contributed by atoms with Gasteiger partial charge in [-0.25, -0.2) is 4.79 Å². The summed E-state index contributed by atoms with van der Waals surface area (Å²) in [6.45, 7) is 2.05. The highest BCUT2D eigenvalue weighted by Gasteiger charge is 2.21. The Hall–Kier alpha value is -3.70. The maximum Gasteiger partial charge on any atom is 0.319 e. The molecule has 3 heterocycles. The van der Waals surface area contributed by atoms with E-state index >= 15 is 0 Å². The number of nitrogens with zero attached hydrogens (tertiary/aromatic N) is 2. The first-order chi connectivity index (χ1) is 15.5. The fourth-order valence-electron chi connectivity index (χ4n) is 3.00. The van der Waals surface area contributed by atoms with Crippen molar-refractivity contribution in [2.75, 3.05) is 10.6 Å². The second kappa shape index (κ2) is 9.62. The van der Waals surface area contributed by atoms with Crippen LogP contribution in [0, 0.1) is 4.77 Å². The van der Waals surface area contributed by atoms with Gasteiger partial charge in [-0.1, -0.05) is 6.07 Å². The van der Waals surface area contributed by atoms with Crippen molar-refractivity contribution in [1.82, 2.24) is 20.1 Å². The molecule has 0 aliphatic rings. The number of aromatic amines is 1. The first-order valence-corrected chi connectivity index (χ1v) is 11.0. The first kappa shape index (κ1) is 21.5. The second-order valence-corrected chi connectivity index (χ2v) is 8.16. The summed E-state index contributed by atoms with van der Waals surface area (Å²) < 4.78 is 7.23. The predicted octanol–water partition coefficient (Wildman–Crippen LogP) is 4.78. The third-order valence-corrected chi connectivity index (χ3v) is 5.78. The number of urea groups is 1. The molecule has 4 rings (SSSR count). The standard InChI is InChI=1S/C21H20N6O3S2/c1-13(27-18(25-26-21(27)31)17-5-3-11-32-17)19(28)23-14-6-8-15(9-7-14)24-20(29)22-12-16-4-2-10-30-16/h2-11,13H,12H2,1H3,(H,23,28)(H,26,31)(H2,22,24,29). The summed E-state index contributed by atoms with van der Waals surface area (Å²) in [5, 5.41) is 17.3. The van der Waals surface area contributed by atoms with Crippen LogP contribution in [-0.2, 0) is 11.3 Å². The van der Waals surface area contributed by atoms with Gasteiger partial charge < -0.3 is 20.4 Å². The molecule has 9 nitrogen and oxygen atoms in total. The highest BCUT2D eigenvalue weighted by molar-refractivity contribution is 7.71. The number of hydrogen-bond acceptors (Lipinski definition) is 6. The van der Waals surface area contributed by atoms with E-state index in [1.165, 1.54) is 11.3 Å². The normalized spacial score (nSPS) is 11.7. The number of hydrogen-bond donors (Lipinski definition) is 4. The Morgan fingerprint density at radius 3 is 2.56 bits per heavy atom. The van der Waals surface area contributed by atoms with Crippen LogP contribution in [-0.4, -0.2) is 26.7 Å². The molecular formula is C21H20N6O3S2. The number of thiophene rings is 1. The third-order valence-electron chi connectivity index (χ3n) is 4.63. The molecule has 32 heavy (non-hydrogen) atoms. The number of amides is 3. The van der Waals surface area contributed by atoms with Crippen LogP contribution in [0.25, 0.3) is 10.7 Å². The van der Waals surface area contributed by atoms with E-state index in [1.54, 1.807) is 54.2 Å². The Bertz CT molecular complexity index is 1240. The van der Waals surface area contributed by atoms with Crippen molar-refractivity contribution >= 4 is 46.9 Å². The average Bonchev–Trinajstić information content (AvgIpc) is 3.55. The van der Waals surface area contributed by atoms with E-state index in [0.29, 0.717) is 27.7 Å². The molecule has 1 atom stereocenters. The van der Waals surface area contributed by atoms with Crippen LogP contribution >= 0.6 is 23.6 Å². The lowest BCUT2D eigenvalue weighted by atomic mass is 10.2. The summed E-state index contributed by atoms with van der Waals surface area (Å²) in [5.74, 6) is 1.04. The van der Waals surface area contributed by atoms with Gasteiger partial charge in [0.15, 0.2) is 10.6 Å². The number of carbonyl (C=O) groups excluding carboxylic acids is 2. The van der Waals surface area contributed by atoms with E-state index in [0.717, 1.165) is 4.88 Å². The zero-order chi connectivity index (χ0) is 22.5. The third kappa shape index (κ3) is 4.95. The van der Waals surface area contributed by atoms with Crippen molar-refractivity contribution in [1.29, 1.82) is 0 Å². The number of furan rings is 1. The van der Waals surface area contributed by atoms with Gasteiger partial charge in [0.25, 0.3) is 0 Å². The summed E-state index contributed by atoms with van der Waals surface area (Å²) in [4.78, 5) is 25.8. The zero-order valence-corrected chi connectivity index (χ0v) is 18.6. The van der Waals surface area contributed by atoms with Gasteiger partial charge in [0, 0.05) is 11.4 Å². The lowest BCUT2D eigenvalue weighted by molar-refractivity contribution is -0.118. The van der Waals surface area contributed by atoms with Gasteiger partial charge in [-0.05, 0) is 67.0 Å². The fourth-order valence-corrected chi connectivity index (χ4v) is 4.00. The van der Waals surface area contributed by atoms with Crippen molar-refractivity contribution in [2.45, 2.75) is 19.5 Å². The molecule has 0 aliphatic carbocycles. The number of H-pyrrole nitrogens is 1. The lowest BCUT2D eigenvalue weighted by Crippen LogP contribution is -2.28. The number of rotatable bonds is 7. The molecule has 4 N–H and O–H groups in total. The Morgan fingerprint density at radius 1 is 1.16 bits per heavy atom. The monoisotopic (exact) mass is 468 g/mol. The van der Waals surface area contributed by atoms with E-state index < -0.39 is 6.04 Å². The summed E-state index contributed by atoms with van der Waals surface area (Å²) in [5.41, 5.74) is 1.18. The van der Waals surface area contributed by atoms with Crippen LogP contribution in [0.15, 0.2) is 64.6 Å². The molecule has 0 aliphatic heterocycles. The summed E-state index contributed by atoms with van der Waals surface area (Å²) >= 11 is 6.85. The highest BCUT2D eigenvalue weighted by atomic mass is 32.1. The Kier molecular flexibility index (Phi) is 6.47. The molecule has 164 valence electrons. The number of anilines is 2. The van der Waals surface area contributed by atoms with E-state index in [2.05, 4.69) is 26.1 Å². The van der Waals surface area contributed by atoms with Crippen molar-refractivity contribution in [3.63, 3.8) is 0 Å². The van der Waals surface area contributed by atoms with Gasteiger partial charge in [0.05, 0.1) is 17.7 Å². The quantitative estimate of drug-likeness (QED) is 0.291. The minimum atomic E-state index is -0.580. The molecule has 4 aromatic rings. The largest absolute Gasteiger partial charge is 0.467 e. The van der Waals surface area contributed by atoms with Gasteiger partial charge in [0.1, 0.15) is 11.8 Å². The van der Waals surface area contributed by atoms with Crippen LogP contribution < -0.4 is 16.0 Å². The molecule has 0 fully saturated rings.